The Hall–Kier alpha value is -3.53. The molecular weight excluding hydrogens is 387 g/mol. The van der Waals surface area contributed by atoms with Gasteiger partial charge in [0.25, 0.3) is 5.91 Å². The summed E-state index contributed by atoms with van der Waals surface area (Å²) >= 11 is 0. The van der Waals surface area contributed by atoms with Crippen LogP contribution >= 0.6 is 0 Å². The van der Waals surface area contributed by atoms with Crippen LogP contribution in [0.2, 0.25) is 0 Å². The number of halogens is 1. The Balaban J connectivity index is 1.59. The first-order valence-corrected chi connectivity index (χ1v) is 9.71. The second kappa shape index (κ2) is 8.46. The van der Waals surface area contributed by atoms with Gasteiger partial charge in [-0.25, -0.2) is 14.1 Å². The lowest BCUT2D eigenvalue weighted by molar-refractivity contribution is 0.100. The van der Waals surface area contributed by atoms with Crippen molar-refractivity contribution in [3.05, 3.63) is 54.5 Å². The highest BCUT2D eigenvalue weighted by molar-refractivity contribution is 5.98. The van der Waals surface area contributed by atoms with Crippen LogP contribution in [0.5, 0.6) is 0 Å². The van der Waals surface area contributed by atoms with Gasteiger partial charge in [-0.3, -0.25) is 4.79 Å². The predicted octanol–water partition coefficient (Wildman–Crippen LogP) is 2.13. The second-order valence-corrected chi connectivity index (χ2v) is 7.22. The number of nitrogens with zero attached hydrogens (tertiary/aromatic N) is 4. The molecule has 3 aromatic rings. The first-order valence-electron chi connectivity index (χ1n) is 9.71. The van der Waals surface area contributed by atoms with Crippen LogP contribution in [0, 0.1) is 0 Å². The van der Waals surface area contributed by atoms with E-state index in [0.717, 1.165) is 18.5 Å². The van der Waals surface area contributed by atoms with E-state index < -0.39 is 18.1 Å². The highest BCUT2D eigenvalue weighted by atomic mass is 19.1. The van der Waals surface area contributed by atoms with Crippen LogP contribution in [0.25, 0.3) is 5.69 Å². The molecule has 1 aromatic carbocycles. The van der Waals surface area contributed by atoms with Crippen molar-refractivity contribution in [2.45, 2.75) is 37.5 Å². The van der Waals surface area contributed by atoms with Crippen LogP contribution < -0.4 is 22.1 Å². The zero-order chi connectivity index (χ0) is 21.1. The Morgan fingerprint density at radius 2 is 2.13 bits per heavy atom. The number of rotatable bonds is 6. The summed E-state index contributed by atoms with van der Waals surface area (Å²) in [6.45, 7) is 0. The molecule has 3 unspecified atom stereocenters. The molecule has 1 aliphatic rings. The maximum absolute atomic E-state index is 13.9. The molecule has 2 aromatic heterocycles. The molecule has 9 nitrogen and oxygen atoms in total. The third kappa shape index (κ3) is 4.23. The van der Waals surface area contributed by atoms with Crippen molar-refractivity contribution < 1.29 is 9.18 Å². The fourth-order valence-electron chi connectivity index (χ4n) is 3.52. The fourth-order valence-corrected chi connectivity index (χ4v) is 3.52. The van der Waals surface area contributed by atoms with E-state index in [4.69, 9.17) is 11.5 Å². The topological polar surface area (TPSA) is 137 Å². The lowest BCUT2D eigenvalue weighted by Crippen LogP contribution is -2.49. The van der Waals surface area contributed by atoms with Crippen molar-refractivity contribution in [2.24, 2.45) is 11.5 Å². The summed E-state index contributed by atoms with van der Waals surface area (Å²) in [5.41, 5.74) is 13.1. The minimum atomic E-state index is -1.07. The highest BCUT2D eigenvalue weighted by Crippen LogP contribution is 2.25. The van der Waals surface area contributed by atoms with Crippen molar-refractivity contribution in [3.63, 3.8) is 0 Å². The van der Waals surface area contributed by atoms with Gasteiger partial charge in [0.15, 0.2) is 0 Å². The molecule has 1 aliphatic carbocycles. The van der Waals surface area contributed by atoms with Gasteiger partial charge >= 0.3 is 0 Å². The number of nitrogens with one attached hydrogen (secondary N) is 2. The summed E-state index contributed by atoms with van der Waals surface area (Å²) < 4.78 is 15.6. The van der Waals surface area contributed by atoms with Crippen molar-refractivity contribution in [1.82, 2.24) is 19.7 Å². The zero-order valence-electron chi connectivity index (χ0n) is 16.2. The standard InChI is InChI=1S/C20H23FN8O/c21-15-6-2-7-16(17(15)22)27-20-24-11-14(18(23)30)19(28-20)26-12-4-1-5-13(10-12)29-9-3-8-25-29/h1,3-5,8-11,15-17H,2,6-7,22H2,(H2,23,30)(H2,24,26,27,28). The van der Waals surface area contributed by atoms with Crippen LogP contribution in [-0.4, -0.2) is 43.9 Å². The van der Waals surface area contributed by atoms with Crippen molar-refractivity contribution in [3.8, 4) is 5.69 Å². The normalized spacial score (nSPS) is 21.2. The minimum Gasteiger partial charge on any atom is -0.365 e. The lowest BCUT2D eigenvalue weighted by atomic mass is 9.89. The van der Waals surface area contributed by atoms with Gasteiger partial charge in [0.1, 0.15) is 17.6 Å². The number of alkyl halides is 1. The SMILES string of the molecule is NC(=O)c1cnc(NC2CCCC(F)C2N)nc1Nc1cccc(-n2cccn2)c1. The number of amides is 1. The van der Waals surface area contributed by atoms with Gasteiger partial charge in [-0.05, 0) is 43.5 Å². The summed E-state index contributed by atoms with van der Waals surface area (Å²) in [7, 11) is 0. The van der Waals surface area contributed by atoms with Gasteiger partial charge < -0.3 is 22.1 Å². The average molecular weight is 410 g/mol. The largest absolute Gasteiger partial charge is 0.365 e. The smallest absolute Gasteiger partial charge is 0.254 e. The van der Waals surface area contributed by atoms with Crippen LogP contribution in [-0.2, 0) is 0 Å². The molecule has 0 spiro atoms. The first kappa shape index (κ1) is 19.8. The van der Waals surface area contributed by atoms with Gasteiger partial charge in [-0.1, -0.05) is 6.07 Å². The Labute approximate surface area is 172 Å². The molecule has 0 radical (unpaired) electrons. The number of hydrogen-bond donors (Lipinski definition) is 4. The number of aromatic nitrogens is 4. The summed E-state index contributed by atoms with van der Waals surface area (Å²) in [5, 5.41) is 10.4. The van der Waals surface area contributed by atoms with Gasteiger partial charge in [0.05, 0.1) is 11.7 Å². The number of nitrogens with two attached hydrogens (primary N) is 2. The zero-order valence-corrected chi connectivity index (χ0v) is 16.2. The molecule has 1 amide bonds. The highest BCUT2D eigenvalue weighted by Gasteiger charge is 2.31. The van der Waals surface area contributed by atoms with Crippen molar-refractivity contribution in [1.29, 1.82) is 0 Å². The number of benzene rings is 1. The maximum Gasteiger partial charge on any atom is 0.254 e. The van der Waals surface area contributed by atoms with E-state index in [2.05, 4.69) is 25.7 Å². The molecule has 10 heteroatoms. The summed E-state index contributed by atoms with van der Waals surface area (Å²) in [4.78, 5) is 20.4. The quantitative estimate of drug-likeness (QED) is 0.488. The maximum atomic E-state index is 13.9. The summed E-state index contributed by atoms with van der Waals surface area (Å²) in [6, 6.07) is 8.34. The molecule has 3 atom stereocenters. The van der Waals surface area contributed by atoms with Gasteiger partial charge in [0, 0.05) is 30.3 Å². The number of hydrogen-bond acceptors (Lipinski definition) is 7. The van der Waals surface area contributed by atoms with E-state index in [0.29, 0.717) is 12.1 Å². The van der Waals surface area contributed by atoms with Gasteiger partial charge in [-0.2, -0.15) is 10.1 Å². The lowest BCUT2D eigenvalue weighted by Gasteiger charge is -2.32. The molecule has 4 rings (SSSR count). The molecule has 6 N–H and O–H groups in total. The molecule has 0 saturated heterocycles. The van der Waals surface area contributed by atoms with Crippen molar-refractivity contribution in [2.75, 3.05) is 10.6 Å². The molecule has 1 saturated carbocycles. The summed E-state index contributed by atoms with van der Waals surface area (Å²) in [6.07, 6.45) is 5.70. The molecule has 30 heavy (non-hydrogen) atoms. The van der Waals surface area contributed by atoms with Gasteiger partial charge in [0.2, 0.25) is 5.95 Å². The predicted molar refractivity (Wildman–Crippen MR) is 112 cm³/mol. The Bertz CT molecular complexity index is 1030. The fraction of sp³-hybridized carbons (Fsp3) is 0.300. The second-order valence-electron chi connectivity index (χ2n) is 7.22. The van der Waals surface area contributed by atoms with Crippen LogP contribution in [0.15, 0.2) is 48.9 Å². The van der Waals surface area contributed by atoms with E-state index >= 15 is 0 Å². The van der Waals surface area contributed by atoms with E-state index in [1.807, 2.05) is 36.5 Å². The molecule has 0 bridgehead atoms. The van der Waals surface area contributed by atoms with Gasteiger partial charge in [-0.15, -0.1) is 0 Å². The molecular formula is C20H23FN8O. The molecule has 0 aliphatic heterocycles. The third-order valence-electron chi connectivity index (χ3n) is 5.12. The Morgan fingerprint density at radius 3 is 2.90 bits per heavy atom. The number of anilines is 3. The number of carbonyl (C=O) groups excluding carboxylic acids is 1. The summed E-state index contributed by atoms with van der Waals surface area (Å²) in [5.74, 6) is -0.162. The van der Waals surface area contributed by atoms with Crippen LogP contribution in [0.4, 0.5) is 21.8 Å². The van der Waals surface area contributed by atoms with E-state index in [-0.39, 0.29) is 23.4 Å². The molecule has 1 fully saturated rings. The Morgan fingerprint density at radius 1 is 1.27 bits per heavy atom. The first-order chi connectivity index (χ1) is 14.5. The average Bonchev–Trinajstić information content (AvgIpc) is 3.27. The molecule has 2 heterocycles. The van der Waals surface area contributed by atoms with Crippen LogP contribution in [0.1, 0.15) is 29.6 Å². The van der Waals surface area contributed by atoms with Crippen LogP contribution in [0.3, 0.4) is 0 Å². The number of carbonyl (C=O) groups is 1. The molecule has 156 valence electrons. The minimum absolute atomic E-state index is 0.140. The Kier molecular flexibility index (Phi) is 5.57. The van der Waals surface area contributed by atoms with E-state index in [9.17, 15) is 9.18 Å². The van der Waals surface area contributed by atoms with E-state index in [1.165, 1.54) is 6.20 Å². The third-order valence-corrected chi connectivity index (χ3v) is 5.12. The van der Waals surface area contributed by atoms with Crippen molar-refractivity contribution >= 4 is 23.4 Å². The number of primary amides is 1. The van der Waals surface area contributed by atoms with E-state index in [1.54, 1.807) is 10.9 Å². The monoisotopic (exact) mass is 410 g/mol.